The van der Waals surface area contributed by atoms with Crippen molar-refractivity contribution in [2.24, 2.45) is 0 Å². The first-order chi connectivity index (χ1) is 16.3. The standard InChI is InChI=1S/C26H30N2O5S/c1-19-10-13-23(14-11-19)34(30,31)28(22-12-15-24(32-3)25(16-22)33-4)18-26(29)27-17-20(2)21-8-6-5-7-9-21/h5-16,20H,17-18H2,1-4H3,(H,27,29)/t20-/m1/s1. The Kier molecular flexibility index (Phi) is 8.17. The summed E-state index contributed by atoms with van der Waals surface area (Å²) in [6.45, 7) is 3.88. The fourth-order valence-electron chi connectivity index (χ4n) is 3.49. The fraction of sp³-hybridized carbons (Fsp3) is 0.269. The van der Waals surface area contributed by atoms with E-state index in [4.69, 9.17) is 9.47 Å². The number of benzene rings is 3. The molecule has 0 radical (unpaired) electrons. The van der Waals surface area contributed by atoms with Gasteiger partial charge in [0.15, 0.2) is 11.5 Å². The molecule has 3 rings (SSSR count). The summed E-state index contributed by atoms with van der Waals surface area (Å²) in [5.41, 5.74) is 2.32. The van der Waals surface area contributed by atoms with Crippen LogP contribution in [-0.2, 0) is 14.8 Å². The molecule has 0 aliphatic heterocycles. The lowest BCUT2D eigenvalue weighted by molar-refractivity contribution is -0.119. The Morgan fingerprint density at radius 3 is 2.21 bits per heavy atom. The van der Waals surface area contributed by atoms with Crippen molar-refractivity contribution in [3.8, 4) is 11.5 Å². The predicted molar refractivity (Wildman–Crippen MR) is 133 cm³/mol. The number of anilines is 1. The van der Waals surface area contributed by atoms with Crippen LogP contribution in [0.2, 0.25) is 0 Å². The van der Waals surface area contributed by atoms with Gasteiger partial charge in [-0.15, -0.1) is 0 Å². The molecule has 0 aliphatic carbocycles. The third-order valence-electron chi connectivity index (χ3n) is 5.53. The molecule has 180 valence electrons. The number of hydrogen-bond acceptors (Lipinski definition) is 5. The number of ether oxygens (including phenoxy) is 2. The van der Waals surface area contributed by atoms with Crippen molar-refractivity contribution in [2.45, 2.75) is 24.7 Å². The minimum absolute atomic E-state index is 0.0772. The lowest BCUT2D eigenvalue weighted by Crippen LogP contribution is -2.41. The highest BCUT2D eigenvalue weighted by Crippen LogP contribution is 2.33. The molecule has 0 bridgehead atoms. The van der Waals surface area contributed by atoms with Crippen LogP contribution in [0.25, 0.3) is 0 Å². The van der Waals surface area contributed by atoms with Crippen LogP contribution in [0.3, 0.4) is 0 Å². The summed E-state index contributed by atoms with van der Waals surface area (Å²) >= 11 is 0. The molecule has 0 saturated carbocycles. The number of carbonyl (C=O) groups excluding carboxylic acids is 1. The van der Waals surface area contributed by atoms with E-state index in [1.54, 1.807) is 30.3 Å². The molecule has 0 fully saturated rings. The van der Waals surface area contributed by atoms with Crippen LogP contribution in [0.1, 0.15) is 24.0 Å². The van der Waals surface area contributed by atoms with Gasteiger partial charge in [0.05, 0.1) is 24.8 Å². The van der Waals surface area contributed by atoms with E-state index in [1.165, 1.54) is 26.4 Å². The van der Waals surface area contributed by atoms with Crippen LogP contribution < -0.4 is 19.1 Å². The van der Waals surface area contributed by atoms with Crippen molar-refractivity contribution in [2.75, 3.05) is 31.6 Å². The zero-order valence-corrected chi connectivity index (χ0v) is 20.6. The summed E-state index contributed by atoms with van der Waals surface area (Å²) in [5, 5.41) is 2.86. The van der Waals surface area contributed by atoms with Gasteiger partial charge in [-0.25, -0.2) is 8.42 Å². The zero-order chi connectivity index (χ0) is 24.7. The summed E-state index contributed by atoms with van der Waals surface area (Å²) in [7, 11) is -1.06. The molecule has 3 aromatic rings. The molecule has 3 aromatic carbocycles. The van der Waals surface area contributed by atoms with Crippen molar-refractivity contribution in [3.63, 3.8) is 0 Å². The summed E-state index contributed by atoms with van der Waals surface area (Å²) in [6, 6.07) is 21.1. The number of amides is 1. The predicted octanol–water partition coefficient (Wildman–Crippen LogP) is 4.13. The Bertz CT molecular complexity index is 1210. The highest BCUT2D eigenvalue weighted by atomic mass is 32.2. The monoisotopic (exact) mass is 482 g/mol. The summed E-state index contributed by atoms with van der Waals surface area (Å²) in [5.74, 6) is 0.490. The number of hydrogen-bond donors (Lipinski definition) is 1. The van der Waals surface area contributed by atoms with E-state index in [-0.39, 0.29) is 17.4 Å². The van der Waals surface area contributed by atoms with Crippen molar-refractivity contribution in [3.05, 3.63) is 83.9 Å². The first-order valence-corrected chi connectivity index (χ1v) is 12.3. The Balaban J connectivity index is 1.89. The average Bonchev–Trinajstić information content (AvgIpc) is 2.86. The molecule has 7 nitrogen and oxygen atoms in total. The molecular weight excluding hydrogens is 452 g/mol. The van der Waals surface area contributed by atoms with E-state index in [0.717, 1.165) is 15.4 Å². The minimum atomic E-state index is -4.03. The number of sulfonamides is 1. The highest BCUT2D eigenvalue weighted by molar-refractivity contribution is 7.92. The molecule has 8 heteroatoms. The Morgan fingerprint density at radius 1 is 0.941 bits per heavy atom. The molecule has 1 N–H and O–H groups in total. The summed E-state index contributed by atoms with van der Waals surface area (Å²) < 4.78 is 38.8. The number of nitrogens with one attached hydrogen (secondary N) is 1. The van der Waals surface area contributed by atoms with Gasteiger partial charge in [0.1, 0.15) is 6.54 Å². The minimum Gasteiger partial charge on any atom is -0.493 e. The number of aryl methyl sites for hydroxylation is 1. The normalized spacial score (nSPS) is 12.0. The molecule has 0 unspecified atom stereocenters. The van der Waals surface area contributed by atoms with Gasteiger partial charge in [-0.05, 0) is 42.7 Å². The Morgan fingerprint density at radius 2 is 1.59 bits per heavy atom. The van der Waals surface area contributed by atoms with Crippen molar-refractivity contribution in [1.82, 2.24) is 5.32 Å². The number of rotatable bonds is 10. The van der Waals surface area contributed by atoms with E-state index >= 15 is 0 Å². The lowest BCUT2D eigenvalue weighted by Gasteiger charge is -2.25. The molecule has 0 spiro atoms. The molecule has 0 saturated heterocycles. The zero-order valence-electron chi connectivity index (χ0n) is 19.8. The number of methoxy groups -OCH3 is 2. The molecule has 0 heterocycles. The van der Waals surface area contributed by atoms with Crippen LogP contribution in [0, 0.1) is 6.92 Å². The van der Waals surface area contributed by atoms with E-state index in [0.29, 0.717) is 23.7 Å². The van der Waals surface area contributed by atoms with Gasteiger partial charge in [-0.1, -0.05) is 55.0 Å². The molecule has 0 aliphatic rings. The fourth-order valence-corrected chi connectivity index (χ4v) is 4.90. The van der Waals surface area contributed by atoms with E-state index < -0.39 is 15.9 Å². The Labute approximate surface area is 201 Å². The highest BCUT2D eigenvalue weighted by Gasteiger charge is 2.28. The average molecular weight is 483 g/mol. The summed E-state index contributed by atoms with van der Waals surface area (Å²) in [4.78, 5) is 13.0. The second kappa shape index (κ2) is 11.1. The van der Waals surface area contributed by atoms with Gasteiger partial charge >= 0.3 is 0 Å². The maximum Gasteiger partial charge on any atom is 0.264 e. The second-order valence-corrected chi connectivity index (χ2v) is 9.84. The summed E-state index contributed by atoms with van der Waals surface area (Å²) in [6.07, 6.45) is 0. The van der Waals surface area contributed by atoms with E-state index in [2.05, 4.69) is 5.32 Å². The SMILES string of the molecule is COc1ccc(N(CC(=O)NC[C@@H](C)c2ccccc2)S(=O)(=O)c2ccc(C)cc2)cc1OC. The van der Waals surface area contributed by atoms with Crippen LogP contribution >= 0.6 is 0 Å². The second-order valence-electron chi connectivity index (χ2n) is 7.98. The van der Waals surface area contributed by atoms with Gasteiger partial charge in [-0.3, -0.25) is 9.10 Å². The van der Waals surface area contributed by atoms with Crippen LogP contribution in [-0.4, -0.2) is 41.6 Å². The van der Waals surface area contributed by atoms with Crippen LogP contribution in [0.5, 0.6) is 11.5 Å². The van der Waals surface area contributed by atoms with E-state index in [1.807, 2.05) is 44.2 Å². The van der Waals surface area contributed by atoms with Gasteiger partial charge < -0.3 is 14.8 Å². The van der Waals surface area contributed by atoms with Crippen LogP contribution in [0.4, 0.5) is 5.69 Å². The number of nitrogens with zero attached hydrogens (tertiary/aromatic N) is 1. The molecule has 0 aromatic heterocycles. The van der Waals surface area contributed by atoms with Gasteiger partial charge in [0.25, 0.3) is 10.0 Å². The third kappa shape index (κ3) is 5.88. The smallest absolute Gasteiger partial charge is 0.264 e. The topological polar surface area (TPSA) is 84.9 Å². The third-order valence-corrected chi connectivity index (χ3v) is 7.31. The molecule has 1 amide bonds. The first kappa shape index (κ1) is 25.1. The van der Waals surface area contributed by atoms with Crippen LogP contribution in [0.15, 0.2) is 77.7 Å². The van der Waals surface area contributed by atoms with Crippen molar-refractivity contribution in [1.29, 1.82) is 0 Å². The number of carbonyl (C=O) groups is 1. The first-order valence-electron chi connectivity index (χ1n) is 10.9. The van der Waals surface area contributed by atoms with E-state index in [9.17, 15) is 13.2 Å². The van der Waals surface area contributed by atoms with Gasteiger partial charge in [0.2, 0.25) is 5.91 Å². The molecule has 34 heavy (non-hydrogen) atoms. The van der Waals surface area contributed by atoms with Crippen molar-refractivity contribution < 1.29 is 22.7 Å². The largest absolute Gasteiger partial charge is 0.493 e. The maximum atomic E-state index is 13.6. The Hall–Kier alpha value is -3.52. The van der Waals surface area contributed by atoms with Gasteiger partial charge in [-0.2, -0.15) is 0 Å². The lowest BCUT2D eigenvalue weighted by atomic mass is 10.0. The quantitative estimate of drug-likeness (QED) is 0.470. The molecular formula is C26H30N2O5S. The maximum absolute atomic E-state index is 13.6. The van der Waals surface area contributed by atoms with Gasteiger partial charge in [0, 0.05) is 12.6 Å². The van der Waals surface area contributed by atoms with Crippen molar-refractivity contribution >= 4 is 21.6 Å². The molecule has 1 atom stereocenters.